The molecule has 4 saturated carbocycles. The van der Waals surface area contributed by atoms with Crippen LogP contribution in [0.4, 0.5) is 0 Å². The maximum absolute atomic E-state index is 11.5. The Kier molecular flexibility index (Phi) is 5.96. The molecule has 4 aliphatic rings. The normalized spacial score (nSPS) is 51.2. The number of carbonyl (C=O) groups excluding carboxylic acids is 1. The molecule has 31 heavy (non-hydrogen) atoms. The van der Waals surface area contributed by atoms with Crippen LogP contribution in [0, 0.1) is 46.8 Å². The summed E-state index contributed by atoms with van der Waals surface area (Å²) in [5, 5.41) is 22.5. The standard InChI is InChI=1S/C25H38O6/c1-6-25(30-14-29-5)21(28)13-19-22-18(8-10-24(19,25)4)23(3)9-7-17(31-15(2)26)11-16(23)12-20(22)27/h1,16-22,27-28H,7-14H2,2-5H3/t16-,17-,18?,19?,20?,21+,22?,23-,24-,25-/m0/s1. The SMILES string of the molecule is C#C[C@]1(OCOC)[C@H](O)CC2C3C(O)C[C@@H]4C[C@@H](OC(C)=O)CC[C@]4(C)C3CC[C@@]21C. The molecule has 0 radical (unpaired) electrons. The number of hydrogen-bond acceptors (Lipinski definition) is 6. The monoisotopic (exact) mass is 434 g/mol. The fourth-order valence-electron chi connectivity index (χ4n) is 8.25. The smallest absolute Gasteiger partial charge is 0.302 e. The summed E-state index contributed by atoms with van der Waals surface area (Å²) in [6, 6.07) is 0. The Morgan fingerprint density at radius 2 is 1.87 bits per heavy atom. The third-order valence-corrected chi connectivity index (χ3v) is 9.77. The van der Waals surface area contributed by atoms with Gasteiger partial charge < -0.3 is 24.4 Å². The summed E-state index contributed by atoms with van der Waals surface area (Å²) in [6.45, 7) is 6.02. The Morgan fingerprint density at radius 1 is 1.13 bits per heavy atom. The van der Waals surface area contributed by atoms with E-state index in [0.29, 0.717) is 24.7 Å². The van der Waals surface area contributed by atoms with E-state index >= 15 is 0 Å². The van der Waals surface area contributed by atoms with Crippen molar-refractivity contribution in [2.24, 2.45) is 34.5 Å². The van der Waals surface area contributed by atoms with Gasteiger partial charge in [0.2, 0.25) is 0 Å². The van der Waals surface area contributed by atoms with E-state index in [4.69, 9.17) is 20.6 Å². The van der Waals surface area contributed by atoms with Crippen molar-refractivity contribution in [1.82, 2.24) is 0 Å². The van der Waals surface area contributed by atoms with E-state index in [2.05, 4.69) is 19.8 Å². The quantitative estimate of drug-likeness (QED) is 0.402. The average molecular weight is 435 g/mol. The molecule has 0 spiro atoms. The number of fused-ring (bicyclic) bond motifs is 5. The average Bonchev–Trinajstić information content (AvgIpc) is 2.94. The summed E-state index contributed by atoms with van der Waals surface area (Å²) < 4.78 is 16.7. The van der Waals surface area contributed by atoms with Crippen molar-refractivity contribution >= 4 is 5.97 Å². The fraction of sp³-hybridized carbons (Fsp3) is 0.880. The second-order valence-electron chi connectivity index (χ2n) is 10.9. The molecule has 0 saturated heterocycles. The Hall–Kier alpha value is -1.13. The van der Waals surface area contributed by atoms with Crippen molar-refractivity contribution in [3.05, 3.63) is 0 Å². The number of aliphatic hydroxyl groups is 2. The summed E-state index contributed by atoms with van der Waals surface area (Å²) in [5.74, 6) is 3.47. The number of aliphatic hydroxyl groups excluding tert-OH is 2. The van der Waals surface area contributed by atoms with Crippen LogP contribution in [0.3, 0.4) is 0 Å². The third kappa shape index (κ3) is 3.27. The zero-order chi connectivity index (χ0) is 22.6. The van der Waals surface area contributed by atoms with Gasteiger partial charge in [-0.3, -0.25) is 4.79 Å². The molecular formula is C25H38O6. The predicted octanol–water partition coefficient (Wildman–Crippen LogP) is 2.89. The molecule has 0 aromatic carbocycles. The summed E-state index contributed by atoms with van der Waals surface area (Å²) in [6.07, 6.45) is 10.5. The van der Waals surface area contributed by atoms with Crippen LogP contribution in [-0.2, 0) is 19.0 Å². The number of terminal acetylenes is 1. The Balaban J connectivity index is 1.63. The van der Waals surface area contributed by atoms with E-state index in [1.54, 1.807) is 7.11 Å². The van der Waals surface area contributed by atoms with Gasteiger partial charge in [0, 0.05) is 19.4 Å². The maximum atomic E-state index is 11.5. The number of hydrogen-bond donors (Lipinski definition) is 2. The van der Waals surface area contributed by atoms with Gasteiger partial charge in [0.15, 0.2) is 5.60 Å². The van der Waals surface area contributed by atoms with Gasteiger partial charge in [0.05, 0.1) is 12.2 Å². The van der Waals surface area contributed by atoms with Crippen LogP contribution < -0.4 is 0 Å². The lowest BCUT2D eigenvalue weighted by Gasteiger charge is -2.62. The Morgan fingerprint density at radius 3 is 2.52 bits per heavy atom. The highest BCUT2D eigenvalue weighted by Crippen LogP contribution is 2.68. The predicted molar refractivity (Wildman–Crippen MR) is 115 cm³/mol. The minimum absolute atomic E-state index is 0.0392. The van der Waals surface area contributed by atoms with E-state index in [-0.39, 0.29) is 36.1 Å². The van der Waals surface area contributed by atoms with Crippen molar-refractivity contribution in [2.75, 3.05) is 13.9 Å². The summed E-state index contributed by atoms with van der Waals surface area (Å²) >= 11 is 0. The van der Waals surface area contributed by atoms with E-state index in [1.807, 2.05) is 0 Å². The zero-order valence-corrected chi connectivity index (χ0v) is 19.3. The number of esters is 1. The van der Waals surface area contributed by atoms with Gasteiger partial charge in [-0.05, 0) is 74.0 Å². The van der Waals surface area contributed by atoms with E-state index in [1.165, 1.54) is 6.92 Å². The molecule has 0 aromatic heterocycles. The van der Waals surface area contributed by atoms with Crippen LogP contribution in [0.25, 0.3) is 0 Å². The van der Waals surface area contributed by atoms with Crippen molar-refractivity contribution < 1.29 is 29.2 Å². The first-order valence-corrected chi connectivity index (χ1v) is 11.8. The van der Waals surface area contributed by atoms with Gasteiger partial charge in [-0.1, -0.05) is 19.8 Å². The number of carbonyl (C=O) groups is 1. The van der Waals surface area contributed by atoms with Crippen LogP contribution in [0.15, 0.2) is 0 Å². The van der Waals surface area contributed by atoms with Crippen molar-refractivity contribution in [3.63, 3.8) is 0 Å². The van der Waals surface area contributed by atoms with Gasteiger partial charge in [-0.2, -0.15) is 0 Å². The van der Waals surface area contributed by atoms with Gasteiger partial charge in [-0.15, -0.1) is 6.42 Å². The highest BCUT2D eigenvalue weighted by atomic mass is 16.7. The molecule has 0 bridgehead atoms. The highest BCUT2D eigenvalue weighted by Gasteiger charge is 2.70. The second kappa shape index (κ2) is 8.02. The lowest BCUT2D eigenvalue weighted by molar-refractivity contribution is -0.215. The molecule has 0 amide bonds. The molecule has 0 heterocycles. The fourth-order valence-corrected chi connectivity index (χ4v) is 8.25. The number of ether oxygens (including phenoxy) is 3. The molecule has 6 nitrogen and oxygen atoms in total. The zero-order valence-electron chi connectivity index (χ0n) is 19.3. The summed E-state index contributed by atoms with van der Waals surface area (Å²) in [4.78, 5) is 11.5. The first-order valence-electron chi connectivity index (χ1n) is 11.8. The molecular weight excluding hydrogens is 396 g/mol. The Bertz CT molecular complexity index is 747. The lowest BCUT2D eigenvalue weighted by atomic mass is 9.43. The van der Waals surface area contributed by atoms with Crippen LogP contribution in [0.2, 0.25) is 0 Å². The minimum atomic E-state index is -1.09. The van der Waals surface area contributed by atoms with E-state index in [0.717, 1.165) is 32.1 Å². The topological polar surface area (TPSA) is 85.2 Å². The first kappa shape index (κ1) is 23.0. The highest BCUT2D eigenvalue weighted by molar-refractivity contribution is 5.66. The molecule has 6 heteroatoms. The van der Waals surface area contributed by atoms with Crippen LogP contribution in [-0.4, -0.2) is 54.0 Å². The molecule has 4 fully saturated rings. The van der Waals surface area contributed by atoms with Crippen LogP contribution in [0.5, 0.6) is 0 Å². The van der Waals surface area contributed by atoms with Crippen LogP contribution >= 0.6 is 0 Å². The molecule has 0 aromatic rings. The molecule has 0 aliphatic heterocycles. The molecule has 174 valence electrons. The Labute approximate surface area is 186 Å². The number of rotatable bonds is 4. The largest absolute Gasteiger partial charge is 0.463 e. The first-order chi connectivity index (χ1) is 14.6. The summed E-state index contributed by atoms with van der Waals surface area (Å²) in [5.41, 5.74) is -1.41. The van der Waals surface area contributed by atoms with Gasteiger partial charge in [-0.25, -0.2) is 0 Å². The molecule has 4 rings (SSSR count). The van der Waals surface area contributed by atoms with E-state index in [9.17, 15) is 15.0 Å². The van der Waals surface area contributed by atoms with Gasteiger partial charge >= 0.3 is 5.97 Å². The van der Waals surface area contributed by atoms with Crippen LogP contribution in [0.1, 0.15) is 65.7 Å². The number of methoxy groups -OCH3 is 1. The molecule has 4 aliphatic carbocycles. The minimum Gasteiger partial charge on any atom is -0.463 e. The summed E-state index contributed by atoms with van der Waals surface area (Å²) in [7, 11) is 1.56. The molecule has 10 atom stereocenters. The maximum Gasteiger partial charge on any atom is 0.302 e. The molecule has 2 N–H and O–H groups in total. The van der Waals surface area contributed by atoms with E-state index < -0.39 is 23.2 Å². The third-order valence-electron chi connectivity index (χ3n) is 9.77. The van der Waals surface area contributed by atoms with Gasteiger partial charge in [0.1, 0.15) is 12.9 Å². The van der Waals surface area contributed by atoms with Crippen molar-refractivity contribution in [3.8, 4) is 12.3 Å². The second-order valence-corrected chi connectivity index (χ2v) is 10.9. The van der Waals surface area contributed by atoms with Crippen molar-refractivity contribution in [2.45, 2.75) is 89.6 Å². The van der Waals surface area contributed by atoms with Gasteiger partial charge in [0.25, 0.3) is 0 Å². The molecule has 4 unspecified atom stereocenters. The lowest BCUT2D eigenvalue weighted by Crippen LogP contribution is -2.61. The van der Waals surface area contributed by atoms with Crippen molar-refractivity contribution in [1.29, 1.82) is 0 Å².